The molecule has 2 fully saturated rings. The summed E-state index contributed by atoms with van der Waals surface area (Å²) >= 11 is 0. The lowest BCUT2D eigenvalue weighted by Gasteiger charge is -2.39. The zero-order valence-electron chi connectivity index (χ0n) is 13.6. The van der Waals surface area contributed by atoms with Crippen molar-refractivity contribution >= 4 is 0 Å². The van der Waals surface area contributed by atoms with Gasteiger partial charge >= 0.3 is 0 Å². The molecule has 1 aliphatic carbocycles. The van der Waals surface area contributed by atoms with Gasteiger partial charge in [-0.1, -0.05) is 26.2 Å². The fraction of sp³-hybridized carbons (Fsp3) is 1.00. The zero-order chi connectivity index (χ0) is 14.1. The molecule has 0 aromatic carbocycles. The molecule has 0 spiro atoms. The van der Waals surface area contributed by atoms with Crippen LogP contribution in [-0.2, 0) is 4.74 Å². The molecule has 0 aromatic heterocycles. The lowest BCUT2D eigenvalue weighted by atomic mass is 9.72. The summed E-state index contributed by atoms with van der Waals surface area (Å²) in [5.74, 6) is 1.50. The summed E-state index contributed by atoms with van der Waals surface area (Å²) in [4.78, 5) is 0. The van der Waals surface area contributed by atoms with Gasteiger partial charge in [0.05, 0.1) is 11.2 Å². The molecule has 0 bridgehead atoms. The first-order valence-electron chi connectivity index (χ1n) is 8.29. The number of hydrogen-bond acceptors (Lipinski definition) is 2. The molecule has 0 radical (unpaired) electrons. The summed E-state index contributed by atoms with van der Waals surface area (Å²) in [5, 5.41) is 3.81. The minimum atomic E-state index is 0.00772. The third kappa shape index (κ3) is 3.52. The van der Waals surface area contributed by atoms with E-state index >= 15 is 0 Å². The normalized spacial score (nSPS) is 32.4. The Kier molecular flexibility index (Phi) is 4.62. The van der Waals surface area contributed by atoms with E-state index in [0.29, 0.717) is 12.0 Å². The first kappa shape index (κ1) is 15.3. The highest BCUT2D eigenvalue weighted by molar-refractivity contribution is 5.01. The molecule has 19 heavy (non-hydrogen) atoms. The van der Waals surface area contributed by atoms with Gasteiger partial charge in [0.1, 0.15) is 0 Å². The molecular formula is C17H33NO. The minimum Gasteiger partial charge on any atom is -0.369 e. The molecule has 0 amide bonds. The fourth-order valence-electron chi connectivity index (χ4n) is 4.53. The van der Waals surface area contributed by atoms with Crippen LogP contribution in [0.25, 0.3) is 0 Å². The van der Waals surface area contributed by atoms with Crippen molar-refractivity contribution in [1.29, 1.82) is 0 Å². The summed E-state index contributed by atoms with van der Waals surface area (Å²) in [7, 11) is 0. The molecule has 2 atom stereocenters. The molecule has 1 saturated heterocycles. The first-order valence-corrected chi connectivity index (χ1v) is 8.29. The van der Waals surface area contributed by atoms with E-state index in [1.54, 1.807) is 0 Å². The summed E-state index contributed by atoms with van der Waals surface area (Å²) in [6.07, 6.45) is 8.28. The maximum atomic E-state index is 6.33. The van der Waals surface area contributed by atoms with Crippen LogP contribution in [0.1, 0.15) is 73.1 Å². The maximum Gasteiger partial charge on any atom is 0.0677 e. The molecule has 0 aromatic rings. The number of hydrogen-bond donors (Lipinski definition) is 1. The van der Waals surface area contributed by atoms with Crippen molar-refractivity contribution < 1.29 is 4.74 Å². The standard InChI is InChI=1S/C17H33NO/c1-6-18-15(13-10-8-7-9-11-13)14-12-16(2,3)19-17(14,4)5/h13-15,18H,6-12H2,1-5H3. The molecule has 2 rings (SSSR count). The Morgan fingerprint density at radius 3 is 2.21 bits per heavy atom. The van der Waals surface area contributed by atoms with Crippen LogP contribution in [0.3, 0.4) is 0 Å². The molecule has 1 aliphatic heterocycles. The van der Waals surface area contributed by atoms with Crippen LogP contribution >= 0.6 is 0 Å². The predicted octanol–water partition coefficient (Wildman–Crippen LogP) is 4.14. The van der Waals surface area contributed by atoms with Crippen molar-refractivity contribution in [3.63, 3.8) is 0 Å². The molecule has 1 N–H and O–H groups in total. The van der Waals surface area contributed by atoms with Gasteiger partial charge in [-0.2, -0.15) is 0 Å². The molecule has 1 saturated carbocycles. The van der Waals surface area contributed by atoms with Gasteiger partial charge in [0.25, 0.3) is 0 Å². The van der Waals surface area contributed by atoms with Crippen LogP contribution in [0.2, 0.25) is 0 Å². The number of ether oxygens (including phenoxy) is 1. The second kappa shape index (κ2) is 5.73. The van der Waals surface area contributed by atoms with Crippen molar-refractivity contribution in [2.24, 2.45) is 11.8 Å². The lowest BCUT2D eigenvalue weighted by molar-refractivity contribution is -0.0801. The van der Waals surface area contributed by atoms with Crippen molar-refractivity contribution in [1.82, 2.24) is 5.32 Å². The summed E-state index contributed by atoms with van der Waals surface area (Å²) < 4.78 is 6.33. The average molecular weight is 267 g/mol. The fourth-order valence-corrected chi connectivity index (χ4v) is 4.53. The third-order valence-corrected chi connectivity index (χ3v) is 5.17. The summed E-state index contributed by atoms with van der Waals surface area (Å²) in [6, 6.07) is 0.641. The molecule has 2 heteroatoms. The van der Waals surface area contributed by atoms with Gasteiger partial charge in [-0.15, -0.1) is 0 Å². The van der Waals surface area contributed by atoms with Crippen LogP contribution in [0, 0.1) is 11.8 Å². The molecule has 2 unspecified atom stereocenters. The Morgan fingerprint density at radius 2 is 1.74 bits per heavy atom. The van der Waals surface area contributed by atoms with Crippen LogP contribution in [-0.4, -0.2) is 23.8 Å². The Bertz CT molecular complexity index is 292. The maximum absolute atomic E-state index is 6.33. The van der Waals surface area contributed by atoms with Crippen LogP contribution in [0.4, 0.5) is 0 Å². The Morgan fingerprint density at radius 1 is 1.11 bits per heavy atom. The Balaban J connectivity index is 2.13. The second-order valence-electron chi connectivity index (χ2n) is 7.76. The monoisotopic (exact) mass is 267 g/mol. The van der Waals surface area contributed by atoms with Crippen molar-refractivity contribution in [2.75, 3.05) is 6.54 Å². The van der Waals surface area contributed by atoms with E-state index in [2.05, 4.69) is 39.9 Å². The summed E-state index contributed by atoms with van der Waals surface area (Å²) in [5.41, 5.74) is 0.0459. The van der Waals surface area contributed by atoms with Gasteiger partial charge in [0.15, 0.2) is 0 Å². The van der Waals surface area contributed by atoms with Gasteiger partial charge in [0.2, 0.25) is 0 Å². The highest BCUT2D eigenvalue weighted by Crippen LogP contribution is 2.46. The van der Waals surface area contributed by atoms with Gasteiger partial charge in [-0.3, -0.25) is 0 Å². The topological polar surface area (TPSA) is 21.3 Å². The minimum absolute atomic E-state index is 0.00772. The van der Waals surface area contributed by atoms with E-state index in [0.717, 1.165) is 12.5 Å². The van der Waals surface area contributed by atoms with Crippen molar-refractivity contribution in [3.8, 4) is 0 Å². The summed E-state index contributed by atoms with van der Waals surface area (Å²) in [6.45, 7) is 12.4. The molecular weight excluding hydrogens is 234 g/mol. The van der Waals surface area contributed by atoms with E-state index in [1.807, 2.05) is 0 Å². The van der Waals surface area contributed by atoms with E-state index in [-0.39, 0.29) is 11.2 Å². The third-order valence-electron chi connectivity index (χ3n) is 5.17. The van der Waals surface area contributed by atoms with Gasteiger partial charge in [-0.05, 0) is 59.4 Å². The Hall–Kier alpha value is -0.0800. The predicted molar refractivity (Wildman–Crippen MR) is 81.4 cm³/mol. The van der Waals surface area contributed by atoms with E-state index in [9.17, 15) is 0 Å². The smallest absolute Gasteiger partial charge is 0.0677 e. The SMILES string of the molecule is CCNC(C1CCCCC1)C1CC(C)(C)OC1(C)C. The highest BCUT2D eigenvalue weighted by atomic mass is 16.5. The number of rotatable bonds is 4. The highest BCUT2D eigenvalue weighted by Gasteiger charge is 2.50. The molecule has 2 aliphatic rings. The van der Waals surface area contributed by atoms with E-state index < -0.39 is 0 Å². The lowest BCUT2D eigenvalue weighted by Crippen LogP contribution is -2.49. The average Bonchev–Trinajstić information content (AvgIpc) is 2.55. The van der Waals surface area contributed by atoms with Crippen LogP contribution in [0.15, 0.2) is 0 Å². The van der Waals surface area contributed by atoms with Crippen molar-refractivity contribution in [2.45, 2.75) is 90.4 Å². The van der Waals surface area contributed by atoms with Gasteiger partial charge in [0, 0.05) is 12.0 Å². The van der Waals surface area contributed by atoms with Crippen molar-refractivity contribution in [3.05, 3.63) is 0 Å². The largest absolute Gasteiger partial charge is 0.369 e. The quantitative estimate of drug-likeness (QED) is 0.826. The van der Waals surface area contributed by atoms with Crippen LogP contribution < -0.4 is 5.32 Å². The zero-order valence-corrected chi connectivity index (χ0v) is 13.6. The second-order valence-corrected chi connectivity index (χ2v) is 7.76. The molecule has 2 nitrogen and oxygen atoms in total. The molecule has 1 heterocycles. The van der Waals surface area contributed by atoms with Gasteiger partial charge in [-0.25, -0.2) is 0 Å². The van der Waals surface area contributed by atoms with E-state index in [4.69, 9.17) is 4.74 Å². The van der Waals surface area contributed by atoms with Gasteiger partial charge < -0.3 is 10.1 Å². The molecule has 112 valence electrons. The Labute approximate surface area is 119 Å². The van der Waals surface area contributed by atoms with E-state index in [1.165, 1.54) is 38.5 Å². The van der Waals surface area contributed by atoms with Crippen LogP contribution in [0.5, 0.6) is 0 Å². The number of nitrogens with one attached hydrogen (secondary N) is 1. The first-order chi connectivity index (χ1) is 8.86.